The van der Waals surface area contributed by atoms with Gasteiger partial charge in [-0.15, -0.1) is 0 Å². The van der Waals surface area contributed by atoms with Crippen LogP contribution in [0.2, 0.25) is 0 Å². The third-order valence-corrected chi connectivity index (χ3v) is 4.55. The SMILES string of the molecule is CCc1ccccc1-c1cccc2c1C=C(C(C)(C)C)C2. The summed E-state index contributed by atoms with van der Waals surface area (Å²) >= 11 is 0. The van der Waals surface area contributed by atoms with Gasteiger partial charge in [-0.2, -0.15) is 0 Å². The molecule has 21 heavy (non-hydrogen) atoms. The Hall–Kier alpha value is -1.82. The predicted molar refractivity (Wildman–Crippen MR) is 92.4 cm³/mol. The van der Waals surface area contributed by atoms with Gasteiger partial charge in [0.25, 0.3) is 0 Å². The molecule has 0 heterocycles. The highest BCUT2D eigenvalue weighted by Gasteiger charge is 2.24. The second-order valence-electron chi connectivity index (χ2n) is 6.99. The highest BCUT2D eigenvalue weighted by Crippen LogP contribution is 2.40. The van der Waals surface area contributed by atoms with E-state index in [4.69, 9.17) is 0 Å². The first-order chi connectivity index (χ1) is 10.0. The van der Waals surface area contributed by atoms with Crippen LogP contribution in [0, 0.1) is 5.41 Å². The summed E-state index contributed by atoms with van der Waals surface area (Å²) < 4.78 is 0. The minimum Gasteiger partial charge on any atom is -0.0620 e. The smallest absolute Gasteiger partial charge is 0.00523 e. The van der Waals surface area contributed by atoms with Crippen molar-refractivity contribution in [2.24, 2.45) is 5.41 Å². The standard InChI is InChI=1S/C21H24/c1-5-15-9-6-7-11-18(15)19-12-8-10-16-13-17(14-20(16)19)21(2,3)4/h6-12,14H,5,13H2,1-4H3. The Balaban J connectivity index is 2.16. The summed E-state index contributed by atoms with van der Waals surface area (Å²) in [5.74, 6) is 0. The number of rotatable bonds is 2. The zero-order valence-electron chi connectivity index (χ0n) is 13.5. The number of hydrogen-bond donors (Lipinski definition) is 0. The van der Waals surface area contributed by atoms with Crippen LogP contribution in [0.15, 0.2) is 48.0 Å². The Kier molecular flexibility index (Phi) is 3.49. The third kappa shape index (κ3) is 2.55. The van der Waals surface area contributed by atoms with Crippen molar-refractivity contribution in [1.29, 1.82) is 0 Å². The number of aryl methyl sites for hydroxylation is 1. The third-order valence-electron chi connectivity index (χ3n) is 4.55. The minimum atomic E-state index is 0.251. The van der Waals surface area contributed by atoms with Crippen molar-refractivity contribution in [1.82, 2.24) is 0 Å². The molecule has 3 rings (SSSR count). The summed E-state index contributed by atoms with van der Waals surface area (Å²) in [7, 11) is 0. The molecule has 0 spiro atoms. The molecule has 0 fully saturated rings. The van der Waals surface area contributed by atoms with E-state index in [9.17, 15) is 0 Å². The zero-order chi connectivity index (χ0) is 15.0. The minimum absolute atomic E-state index is 0.251. The Bertz CT molecular complexity index is 696. The van der Waals surface area contributed by atoms with Crippen LogP contribution in [0.25, 0.3) is 17.2 Å². The van der Waals surface area contributed by atoms with Gasteiger partial charge >= 0.3 is 0 Å². The van der Waals surface area contributed by atoms with Crippen molar-refractivity contribution in [2.45, 2.75) is 40.5 Å². The van der Waals surface area contributed by atoms with Gasteiger partial charge in [0.2, 0.25) is 0 Å². The van der Waals surface area contributed by atoms with Gasteiger partial charge in [-0.05, 0) is 46.1 Å². The zero-order valence-corrected chi connectivity index (χ0v) is 13.5. The molecule has 108 valence electrons. The molecule has 0 aliphatic heterocycles. The van der Waals surface area contributed by atoms with E-state index in [1.165, 1.54) is 27.8 Å². The fourth-order valence-electron chi connectivity index (χ4n) is 3.18. The van der Waals surface area contributed by atoms with Crippen molar-refractivity contribution in [2.75, 3.05) is 0 Å². The molecule has 0 radical (unpaired) electrons. The van der Waals surface area contributed by atoms with E-state index in [2.05, 4.69) is 76.2 Å². The molecule has 2 aromatic carbocycles. The lowest BCUT2D eigenvalue weighted by molar-refractivity contribution is 0.498. The van der Waals surface area contributed by atoms with E-state index in [-0.39, 0.29) is 5.41 Å². The molecule has 0 saturated heterocycles. The Morgan fingerprint density at radius 3 is 2.33 bits per heavy atom. The molecule has 2 aromatic rings. The molecule has 0 saturated carbocycles. The summed E-state index contributed by atoms with van der Waals surface area (Å²) in [6.45, 7) is 9.16. The molecule has 0 N–H and O–H groups in total. The first-order valence-electron chi connectivity index (χ1n) is 7.92. The van der Waals surface area contributed by atoms with E-state index in [0.29, 0.717) is 0 Å². The first-order valence-corrected chi connectivity index (χ1v) is 7.92. The van der Waals surface area contributed by atoms with E-state index < -0.39 is 0 Å². The Labute approximate surface area is 128 Å². The molecule has 1 aliphatic rings. The Morgan fingerprint density at radius 2 is 1.62 bits per heavy atom. The molecule has 0 bridgehead atoms. The summed E-state index contributed by atoms with van der Waals surface area (Å²) in [6, 6.07) is 15.6. The molecule has 0 aromatic heterocycles. The fraction of sp³-hybridized carbons (Fsp3) is 0.333. The van der Waals surface area contributed by atoms with Gasteiger partial charge in [0, 0.05) is 0 Å². The number of allylic oxidation sites excluding steroid dienone is 1. The summed E-state index contributed by atoms with van der Waals surface area (Å²) in [5.41, 5.74) is 8.92. The van der Waals surface area contributed by atoms with Gasteiger partial charge in [0.05, 0.1) is 0 Å². The van der Waals surface area contributed by atoms with Crippen molar-refractivity contribution in [3.05, 3.63) is 64.7 Å². The van der Waals surface area contributed by atoms with Gasteiger partial charge in [-0.25, -0.2) is 0 Å². The Morgan fingerprint density at radius 1 is 0.905 bits per heavy atom. The van der Waals surface area contributed by atoms with Crippen LogP contribution in [0.1, 0.15) is 44.4 Å². The van der Waals surface area contributed by atoms with E-state index in [0.717, 1.165) is 12.8 Å². The van der Waals surface area contributed by atoms with Crippen molar-refractivity contribution in [3.8, 4) is 11.1 Å². The molecule has 0 atom stereocenters. The van der Waals surface area contributed by atoms with Crippen LogP contribution >= 0.6 is 0 Å². The summed E-state index contributed by atoms with van der Waals surface area (Å²) in [5, 5.41) is 0. The second kappa shape index (κ2) is 5.18. The van der Waals surface area contributed by atoms with Gasteiger partial charge in [-0.3, -0.25) is 0 Å². The van der Waals surface area contributed by atoms with Crippen LogP contribution in [-0.2, 0) is 12.8 Å². The van der Waals surface area contributed by atoms with Crippen LogP contribution in [0.3, 0.4) is 0 Å². The van der Waals surface area contributed by atoms with Gasteiger partial charge < -0.3 is 0 Å². The second-order valence-corrected chi connectivity index (χ2v) is 6.99. The van der Waals surface area contributed by atoms with Crippen molar-refractivity contribution < 1.29 is 0 Å². The fourth-order valence-corrected chi connectivity index (χ4v) is 3.18. The summed E-state index contributed by atoms with van der Waals surface area (Å²) in [6.07, 6.45) is 4.60. The molecule has 0 amide bonds. The quantitative estimate of drug-likeness (QED) is 0.640. The van der Waals surface area contributed by atoms with Crippen LogP contribution < -0.4 is 0 Å². The number of benzene rings is 2. The highest BCUT2D eigenvalue weighted by atomic mass is 14.3. The number of hydrogen-bond acceptors (Lipinski definition) is 0. The lowest BCUT2D eigenvalue weighted by atomic mass is 9.85. The average Bonchev–Trinajstić information content (AvgIpc) is 2.91. The molecule has 0 nitrogen and oxygen atoms in total. The van der Waals surface area contributed by atoms with Crippen LogP contribution in [0.5, 0.6) is 0 Å². The lowest BCUT2D eigenvalue weighted by Crippen LogP contribution is -2.08. The number of fused-ring (bicyclic) bond motifs is 1. The lowest BCUT2D eigenvalue weighted by Gasteiger charge is -2.19. The largest absolute Gasteiger partial charge is 0.0620 e. The predicted octanol–water partition coefficient (Wildman–Crippen LogP) is 5.90. The normalized spacial score (nSPS) is 14.0. The van der Waals surface area contributed by atoms with E-state index >= 15 is 0 Å². The van der Waals surface area contributed by atoms with Gasteiger partial charge in [0.1, 0.15) is 0 Å². The maximum atomic E-state index is 2.43. The van der Waals surface area contributed by atoms with E-state index in [1.54, 1.807) is 5.57 Å². The maximum Gasteiger partial charge on any atom is -0.00523 e. The van der Waals surface area contributed by atoms with Crippen molar-refractivity contribution in [3.63, 3.8) is 0 Å². The highest BCUT2D eigenvalue weighted by molar-refractivity contribution is 5.82. The van der Waals surface area contributed by atoms with E-state index in [1.807, 2.05) is 0 Å². The monoisotopic (exact) mass is 276 g/mol. The van der Waals surface area contributed by atoms with Gasteiger partial charge in [0.15, 0.2) is 0 Å². The molecular weight excluding hydrogens is 252 g/mol. The molecular formula is C21H24. The average molecular weight is 276 g/mol. The van der Waals surface area contributed by atoms with Crippen molar-refractivity contribution >= 4 is 6.08 Å². The summed E-state index contributed by atoms with van der Waals surface area (Å²) in [4.78, 5) is 0. The molecule has 0 unspecified atom stereocenters. The molecule has 0 heteroatoms. The van der Waals surface area contributed by atoms with Crippen LogP contribution in [-0.4, -0.2) is 0 Å². The first kappa shape index (κ1) is 14.1. The van der Waals surface area contributed by atoms with Gasteiger partial charge in [-0.1, -0.05) is 81.8 Å². The molecule has 1 aliphatic carbocycles. The maximum absolute atomic E-state index is 2.43. The van der Waals surface area contributed by atoms with Crippen LogP contribution in [0.4, 0.5) is 0 Å². The topological polar surface area (TPSA) is 0 Å².